The van der Waals surface area contributed by atoms with Crippen molar-refractivity contribution in [2.75, 3.05) is 6.61 Å². The molecule has 2 nitrogen and oxygen atoms in total. The molecule has 0 amide bonds. The Kier molecular flexibility index (Phi) is 3.50. The Hall–Kier alpha value is -0.340. The molecule has 2 aliphatic carbocycles. The quantitative estimate of drug-likeness (QED) is 0.721. The fraction of sp³-hybridized carbons (Fsp3) is 0.875. The van der Waals surface area contributed by atoms with Gasteiger partial charge in [-0.25, -0.2) is 0 Å². The number of aliphatic hydroxyl groups is 1. The molecule has 1 N–H and O–H groups in total. The second kappa shape index (κ2) is 4.97. The van der Waals surface area contributed by atoms with Gasteiger partial charge in [0.15, 0.2) is 0 Å². The molecule has 3 aliphatic rings. The maximum Gasteiger partial charge on any atom is 0.0857 e. The lowest BCUT2D eigenvalue weighted by molar-refractivity contribution is -0.148. The zero-order valence-corrected chi connectivity index (χ0v) is 11.4. The smallest absolute Gasteiger partial charge is 0.0857 e. The summed E-state index contributed by atoms with van der Waals surface area (Å²) in [6.45, 7) is 0.848. The molecule has 3 rings (SSSR count). The lowest BCUT2D eigenvalue weighted by Gasteiger charge is -2.48. The van der Waals surface area contributed by atoms with E-state index in [0.29, 0.717) is 5.92 Å². The molecule has 2 heteroatoms. The maximum atomic E-state index is 10.9. The van der Waals surface area contributed by atoms with E-state index in [1.54, 1.807) is 0 Å². The number of hydrogen-bond donors (Lipinski definition) is 1. The summed E-state index contributed by atoms with van der Waals surface area (Å²) in [6, 6.07) is 0. The molecule has 1 heterocycles. The minimum Gasteiger partial charge on any atom is -0.386 e. The lowest BCUT2D eigenvalue weighted by Crippen LogP contribution is -2.49. The van der Waals surface area contributed by atoms with Gasteiger partial charge in [-0.3, -0.25) is 0 Å². The highest BCUT2D eigenvalue weighted by Crippen LogP contribution is 2.45. The van der Waals surface area contributed by atoms with E-state index in [-0.39, 0.29) is 5.60 Å². The molecule has 0 aromatic heterocycles. The van der Waals surface area contributed by atoms with Crippen molar-refractivity contribution >= 4 is 0 Å². The van der Waals surface area contributed by atoms with E-state index >= 15 is 0 Å². The summed E-state index contributed by atoms with van der Waals surface area (Å²) in [5.74, 6) is 0.417. The SMILES string of the molecule is OC1(C2CCOC3(CCCCC3)C2)C=CCCC1. The van der Waals surface area contributed by atoms with Crippen LogP contribution in [-0.2, 0) is 4.74 Å². The Balaban J connectivity index is 1.73. The molecule has 2 atom stereocenters. The van der Waals surface area contributed by atoms with E-state index < -0.39 is 5.60 Å². The number of rotatable bonds is 1. The van der Waals surface area contributed by atoms with Crippen LogP contribution in [0.15, 0.2) is 12.2 Å². The van der Waals surface area contributed by atoms with E-state index in [2.05, 4.69) is 12.2 Å². The predicted molar refractivity (Wildman–Crippen MR) is 72.4 cm³/mol. The molecule has 2 unspecified atom stereocenters. The van der Waals surface area contributed by atoms with Gasteiger partial charge >= 0.3 is 0 Å². The molecule has 0 bridgehead atoms. The Morgan fingerprint density at radius 3 is 2.61 bits per heavy atom. The number of hydrogen-bond acceptors (Lipinski definition) is 2. The molecular formula is C16H26O2. The minimum absolute atomic E-state index is 0.113. The molecule has 102 valence electrons. The third kappa shape index (κ3) is 2.37. The van der Waals surface area contributed by atoms with Crippen molar-refractivity contribution in [1.29, 1.82) is 0 Å². The van der Waals surface area contributed by atoms with Gasteiger partial charge < -0.3 is 9.84 Å². The summed E-state index contributed by atoms with van der Waals surface area (Å²) in [5, 5.41) is 10.9. The van der Waals surface area contributed by atoms with Gasteiger partial charge in [0, 0.05) is 6.61 Å². The van der Waals surface area contributed by atoms with Gasteiger partial charge in [0.05, 0.1) is 11.2 Å². The molecule has 0 radical (unpaired) electrons. The summed E-state index contributed by atoms with van der Waals surface area (Å²) in [5.41, 5.74) is -0.422. The first-order chi connectivity index (χ1) is 8.73. The van der Waals surface area contributed by atoms with Crippen LogP contribution in [0.1, 0.15) is 64.2 Å². The van der Waals surface area contributed by atoms with E-state index in [1.807, 2.05) is 0 Å². The van der Waals surface area contributed by atoms with Crippen molar-refractivity contribution in [3.8, 4) is 0 Å². The zero-order chi connectivity index (χ0) is 12.5. The summed E-state index contributed by atoms with van der Waals surface area (Å²) < 4.78 is 6.14. The van der Waals surface area contributed by atoms with E-state index in [4.69, 9.17) is 4.74 Å². The van der Waals surface area contributed by atoms with Crippen LogP contribution in [0.4, 0.5) is 0 Å². The average Bonchev–Trinajstić information content (AvgIpc) is 2.41. The summed E-state index contributed by atoms with van der Waals surface area (Å²) >= 11 is 0. The van der Waals surface area contributed by atoms with E-state index in [9.17, 15) is 5.11 Å². The van der Waals surface area contributed by atoms with Crippen molar-refractivity contribution in [3.05, 3.63) is 12.2 Å². The van der Waals surface area contributed by atoms with E-state index in [0.717, 1.165) is 38.7 Å². The van der Waals surface area contributed by atoms with Crippen LogP contribution in [-0.4, -0.2) is 22.9 Å². The second-order valence-electron chi connectivity index (χ2n) is 6.57. The van der Waals surface area contributed by atoms with E-state index in [1.165, 1.54) is 32.1 Å². The Morgan fingerprint density at radius 2 is 1.89 bits per heavy atom. The molecule has 0 aromatic rings. The standard InChI is InChI=1S/C16H26O2/c17-16(10-5-2-6-11-16)14-7-12-18-15(13-14)8-3-1-4-9-15/h5,10,14,17H,1-4,6-9,11-13H2. The fourth-order valence-corrected chi connectivity index (χ4v) is 4.21. The Labute approximate surface area is 110 Å². The molecule has 0 aromatic carbocycles. The molecule has 1 saturated heterocycles. The van der Waals surface area contributed by atoms with Crippen molar-refractivity contribution in [2.45, 2.75) is 75.4 Å². The molecule has 1 saturated carbocycles. The number of ether oxygens (including phenoxy) is 1. The van der Waals surface area contributed by atoms with Gasteiger partial charge in [0.25, 0.3) is 0 Å². The third-order valence-electron chi connectivity index (χ3n) is 5.32. The average molecular weight is 250 g/mol. The summed E-state index contributed by atoms with van der Waals surface area (Å²) in [6.07, 6.45) is 16.0. The Bertz CT molecular complexity index is 312. The van der Waals surface area contributed by atoms with Gasteiger partial charge in [0.1, 0.15) is 0 Å². The van der Waals surface area contributed by atoms with Gasteiger partial charge in [-0.05, 0) is 50.9 Å². The van der Waals surface area contributed by atoms with Crippen LogP contribution in [0.2, 0.25) is 0 Å². The molecular weight excluding hydrogens is 224 g/mol. The normalized spacial score (nSPS) is 39.9. The topological polar surface area (TPSA) is 29.5 Å². The monoisotopic (exact) mass is 250 g/mol. The van der Waals surface area contributed by atoms with Crippen LogP contribution in [0.25, 0.3) is 0 Å². The fourth-order valence-electron chi connectivity index (χ4n) is 4.21. The highest BCUT2D eigenvalue weighted by molar-refractivity contribution is 5.10. The first-order valence-corrected chi connectivity index (χ1v) is 7.77. The largest absolute Gasteiger partial charge is 0.386 e. The first-order valence-electron chi connectivity index (χ1n) is 7.77. The van der Waals surface area contributed by atoms with Gasteiger partial charge in [-0.15, -0.1) is 0 Å². The highest BCUT2D eigenvalue weighted by Gasteiger charge is 2.45. The Morgan fingerprint density at radius 1 is 1.06 bits per heavy atom. The van der Waals surface area contributed by atoms with Gasteiger partial charge in [0.2, 0.25) is 0 Å². The van der Waals surface area contributed by atoms with Crippen LogP contribution >= 0.6 is 0 Å². The first kappa shape index (κ1) is 12.7. The van der Waals surface area contributed by atoms with Crippen molar-refractivity contribution < 1.29 is 9.84 Å². The molecule has 18 heavy (non-hydrogen) atoms. The van der Waals surface area contributed by atoms with Crippen molar-refractivity contribution in [3.63, 3.8) is 0 Å². The zero-order valence-electron chi connectivity index (χ0n) is 11.4. The van der Waals surface area contributed by atoms with Crippen LogP contribution in [0, 0.1) is 5.92 Å². The third-order valence-corrected chi connectivity index (χ3v) is 5.32. The summed E-state index contributed by atoms with van der Waals surface area (Å²) in [4.78, 5) is 0. The van der Waals surface area contributed by atoms with Crippen LogP contribution in [0.5, 0.6) is 0 Å². The van der Waals surface area contributed by atoms with Crippen molar-refractivity contribution in [2.24, 2.45) is 5.92 Å². The predicted octanol–water partition coefficient (Wildman–Crippen LogP) is 3.59. The van der Waals surface area contributed by atoms with Gasteiger partial charge in [-0.2, -0.15) is 0 Å². The number of allylic oxidation sites excluding steroid dienone is 1. The summed E-state index contributed by atoms with van der Waals surface area (Å²) in [7, 11) is 0. The molecule has 1 spiro atoms. The van der Waals surface area contributed by atoms with Gasteiger partial charge in [-0.1, -0.05) is 31.4 Å². The maximum absolute atomic E-state index is 10.9. The molecule has 1 aliphatic heterocycles. The molecule has 2 fully saturated rings. The highest BCUT2D eigenvalue weighted by atomic mass is 16.5. The van der Waals surface area contributed by atoms with Crippen LogP contribution < -0.4 is 0 Å². The van der Waals surface area contributed by atoms with Crippen LogP contribution in [0.3, 0.4) is 0 Å². The second-order valence-corrected chi connectivity index (χ2v) is 6.57. The van der Waals surface area contributed by atoms with Crippen molar-refractivity contribution in [1.82, 2.24) is 0 Å². The lowest BCUT2D eigenvalue weighted by atomic mass is 9.68. The minimum atomic E-state index is -0.535.